The van der Waals surface area contributed by atoms with Gasteiger partial charge in [-0.3, -0.25) is 19.5 Å². The van der Waals surface area contributed by atoms with Crippen molar-refractivity contribution in [2.75, 3.05) is 6.61 Å². The monoisotopic (exact) mass is 376 g/mol. The smallest absolute Gasteiger partial charge is 0.318 e. The fourth-order valence-electron chi connectivity index (χ4n) is 2.83. The molecule has 3 N–H and O–H groups in total. The van der Waals surface area contributed by atoms with Crippen LogP contribution in [0.5, 0.6) is 0 Å². The van der Waals surface area contributed by atoms with E-state index in [1.165, 1.54) is 0 Å². The molecule has 9 heteroatoms. The van der Waals surface area contributed by atoms with Crippen molar-refractivity contribution in [2.24, 2.45) is 5.73 Å². The van der Waals surface area contributed by atoms with Crippen molar-refractivity contribution in [3.63, 3.8) is 0 Å². The molecule has 0 saturated carbocycles. The Labute approximate surface area is 154 Å². The molecule has 8 nitrogen and oxygen atoms in total. The molecule has 3 rings (SSSR count). The number of primary amides is 1. The van der Waals surface area contributed by atoms with Gasteiger partial charge in [0.15, 0.2) is 5.16 Å². The SMILES string of the molecule is C[C@@H](Sc1nc2ccccc2c(=O)n1C[C@@H]1CCCO1)C(=O)NC(N)=O. The fraction of sp³-hybridized carbons (Fsp3) is 0.412. The van der Waals surface area contributed by atoms with Crippen LogP contribution in [0, 0.1) is 0 Å². The zero-order valence-electron chi connectivity index (χ0n) is 14.3. The second kappa shape index (κ2) is 7.88. The van der Waals surface area contributed by atoms with E-state index in [0.29, 0.717) is 29.2 Å². The number of imide groups is 1. The zero-order chi connectivity index (χ0) is 18.7. The number of para-hydroxylation sites is 1. The highest BCUT2D eigenvalue weighted by Gasteiger charge is 2.23. The number of carbonyl (C=O) groups excluding carboxylic acids is 2. The predicted molar refractivity (Wildman–Crippen MR) is 98.0 cm³/mol. The van der Waals surface area contributed by atoms with Crippen LogP contribution in [0.25, 0.3) is 10.9 Å². The number of carbonyl (C=O) groups is 2. The summed E-state index contributed by atoms with van der Waals surface area (Å²) in [7, 11) is 0. The minimum Gasteiger partial charge on any atom is -0.376 e. The van der Waals surface area contributed by atoms with Gasteiger partial charge in [-0.1, -0.05) is 23.9 Å². The summed E-state index contributed by atoms with van der Waals surface area (Å²) in [4.78, 5) is 40.4. The van der Waals surface area contributed by atoms with Gasteiger partial charge in [-0.25, -0.2) is 9.78 Å². The van der Waals surface area contributed by atoms with Gasteiger partial charge < -0.3 is 10.5 Å². The predicted octanol–water partition coefficient (Wildman–Crippen LogP) is 1.25. The van der Waals surface area contributed by atoms with E-state index >= 15 is 0 Å². The molecular formula is C17H20N4O4S. The summed E-state index contributed by atoms with van der Waals surface area (Å²) in [5.74, 6) is -0.534. The van der Waals surface area contributed by atoms with Crippen molar-refractivity contribution in [1.29, 1.82) is 0 Å². The quantitative estimate of drug-likeness (QED) is 0.599. The van der Waals surface area contributed by atoms with Gasteiger partial charge in [0.25, 0.3) is 5.56 Å². The second-order valence-corrected chi connectivity index (χ2v) is 7.38. The first-order chi connectivity index (χ1) is 12.5. The van der Waals surface area contributed by atoms with Crippen molar-refractivity contribution in [3.05, 3.63) is 34.6 Å². The number of nitrogens with two attached hydrogens (primary N) is 1. The first-order valence-corrected chi connectivity index (χ1v) is 9.22. The van der Waals surface area contributed by atoms with Gasteiger partial charge in [0.2, 0.25) is 5.91 Å². The Morgan fingerprint density at radius 1 is 1.46 bits per heavy atom. The highest BCUT2D eigenvalue weighted by atomic mass is 32.2. The number of amides is 3. The van der Waals surface area contributed by atoms with E-state index in [4.69, 9.17) is 10.5 Å². The van der Waals surface area contributed by atoms with Crippen LogP contribution in [-0.2, 0) is 16.1 Å². The lowest BCUT2D eigenvalue weighted by Gasteiger charge is -2.18. The van der Waals surface area contributed by atoms with Crippen molar-refractivity contribution in [2.45, 2.75) is 42.8 Å². The molecule has 1 saturated heterocycles. The normalized spacial score (nSPS) is 18.0. The molecule has 3 amide bonds. The summed E-state index contributed by atoms with van der Waals surface area (Å²) in [5.41, 5.74) is 5.39. The van der Waals surface area contributed by atoms with E-state index < -0.39 is 17.2 Å². The van der Waals surface area contributed by atoms with Gasteiger partial charge in [-0.05, 0) is 31.9 Å². The Morgan fingerprint density at radius 3 is 2.92 bits per heavy atom. The largest absolute Gasteiger partial charge is 0.376 e. The third-order valence-corrected chi connectivity index (χ3v) is 5.22. The van der Waals surface area contributed by atoms with Crippen LogP contribution in [0.15, 0.2) is 34.2 Å². The Balaban J connectivity index is 1.97. The van der Waals surface area contributed by atoms with Gasteiger partial charge in [0, 0.05) is 6.61 Å². The molecule has 1 aromatic carbocycles. The highest BCUT2D eigenvalue weighted by Crippen LogP contribution is 2.24. The lowest BCUT2D eigenvalue weighted by Crippen LogP contribution is -2.39. The molecule has 26 heavy (non-hydrogen) atoms. The second-order valence-electron chi connectivity index (χ2n) is 6.08. The lowest BCUT2D eigenvalue weighted by molar-refractivity contribution is -0.119. The van der Waals surface area contributed by atoms with Crippen molar-refractivity contribution in [1.82, 2.24) is 14.9 Å². The maximum Gasteiger partial charge on any atom is 0.318 e. The molecule has 0 bridgehead atoms. The van der Waals surface area contributed by atoms with Crippen LogP contribution < -0.4 is 16.6 Å². The minimum atomic E-state index is -0.911. The maximum absolute atomic E-state index is 12.9. The number of aromatic nitrogens is 2. The fourth-order valence-corrected chi connectivity index (χ4v) is 3.74. The summed E-state index contributed by atoms with van der Waals surface area (Å²) in [6.45, 7) is 2.68. The zero-order valence-corrected chi connectivity index (χ0v) is 15.1. The van der Waals surface area contributed by atoms with E-state index in [2.05, 4.69) is 4.98 Å². The van der Waals surface area contributed by atoms with Crippen molar-refractivity contribution in [3.8, 4) is 0 Å². The molecule has 0 unspecified atom stereocenters. The Morgan fingerprint density at radius 2 is 2.23 bits per heavy atom. The maximum atomic E-state index is 12.9. The minimum absolute atomic E-state index is 0.0511. The van der Waals surface area contributed by atoms with Crippen LogP contribution in [-0.4, -0.2) is 39.5 Å². The summed E-state index contributed by atoms with van der Waals surface area (Å²) >= 11 is 1.11. The first-order valence-electron chi connectivity index (χ1n) is 8.34. The molecule has 1 aliphatic heterocycles. The van der Waals surface area contributed by atoms with Crippen LogP contribution in [0.3, 0.4) is 0 Å². The van der Waals surface area contributed by atoms with Crippen LogP contribution >= 0.6 is 11.8 Å². The number of thioether (sulfide) groups is 1. The van der Waals surface area contributed by atoms with E-state index in [1.807, 2.05) is 5.32 Å². The molecule has 2 heterocycles. The molecule has 0 spiro atoms. The van der Waals surface area contributed by atoms with E-state index in [1.54, 1.807) is 35.8 Å². The molecular weight excluding hydrogens is 356 g/mol. The molecule has 2 aromatic rings. The summed E-state index contributed by atoms with van der Waals surface area (Å²) in [6.07, 6.45) is 1.78. The van der Waals surface area contributed by atoms with Gasteiger partial charge in [-0.2, -0.15) is 0 Å². The average molecular weight is 376 g/mol. The number of fused-ring (bicyclic) bond motifs is 1. The molecule has 2 atom stereocenters. The van der Waals surface area contributed by atoms with Crippen LogP contribution in [0.2, 0.25) is 0 Å². The van der Waals surface area contributed by atoms with Gasteiger partial charge in [0.05, 0.1) is 28.8 Å². The number of ether oxygens (including phenoxy) is 1. The summed E-state index contributed by atoms with van der Waals surface area (Å²) in [5, 5.41) is 2.33. The van der Waals surface area contributed by atoms with Crippen LogP contribution in [0.4, 0.5) is 4.79 Å². The number of hydrogen-bond acceptors (Lipinski definition) is 6. The molecule has 0 aliphatic carbocycles. The highest BCUT2D eigenvalue weighted by molar-refractivity contribution is 8.00. The molecule has 1 fully saturated rings. The van der Waals surface area contributed by atoms with E-state index in [9.17, 15) is 14.4 Å². The van der Waals surface area contributed by atoms with Crippen LogP contribution in [0.1, 0.15) is 19.8 Å². The number of hydrogen-bond donors (Lipinski definition) is 2. The summed E-state index contributed by atoms with van der Waals surface area (Å²) in [6, 6.07) is 6.17. The van der Waals surface area contributed by atoms with Gasteiger partial charge in [0.1, 0.15) is 0 Å². The number of urea groups is 1. The first kappa shape index (κ1) is 18.4. The number of nitrogens with one attached hydrogen (secondary N) is 1. The van der Waals surface area contributed by atoms with Crippen molar-refractivity contribution < 1.29 is 14.3 Å². The molecule has 138 valence electrons. The third-order valence-electron chi connectivity index (χ3n) is 4.13. The number of nitrogens with zero attached hydrogens (tertiary/aromatic N) is 2. The van der Waals surface area contributed by atoms with Crippen molar-refractivity contribution >= 4 is 34.6 Å². The van der Waals surface area contributed by atoms with Gasteiger partial charge in [-0.15, -0.1) is 0 Å². The topological polar surface area (TPSA) is 116 Å². The van der Waals surface area contributed by atoms with E-state index in [0.717, 1.165) is 24.6 Å². The number of rotatable bonds is 5. The van der Waals surface area contributed by atoms with E-state index in [-0.39, 0.29) is 11.7 Å². The molecule has 1 aliphatic rings. The number of benzene rings is 1. The average Bonchev–Trinajstić information content (AvgIpc) is 3.11. The Kier molecular flexibility index (Phi) is 5.58. The summed E-state index contributed by atoms with van der Waals surface area (Å²) < 4.78 is 7.20. The molecule has 1 aromatic heterocycles. The Bertz CT molecular complexity index is 892. The Hall–Kier alpha value is -2.39. The lowest BCUT2D eigenvalue weighted by atomic mass is 10.2. The standard InChI is InChI=1S/C17H20N4O4S/c1-10(14(22)20-16(18)24)26-17-19-13-7-3-2-6-12(13)15(23)21(17)9-11-5-4-8-25-11/h2-3,6-7,10-11H,4-5,8-9H2,1H3,(H3,18,20,22,24)/t10-,11+/m1/s1. The molecule has 0 radical (unpaired) electrons. The third kappa shape index (κ3) is 4.05. The van der Waals surface area contributed by atoms with Gasteiger partial charge >= 0.3 is 6.03 Å².